The van der Waals surface area contributed by atoms with Gasteiger partial charge in [0.05, 0.1) is 18.6 Å². The Morgan fingerprint density at radius 3 is 2.77 bits per heavy atom. The van der Waals surface area contributed by atoms with Crippen molar-refractivity contribution in [1.29, 1.82) is 0 Å². The third-order valence-corrected chi connectivity index (χ3v) is 6.07. The summed E-state index contributed by atoms with van der Waals surface area (Å²) >= 11 is 1.24. The maximum Gasteiger partial charge on any atom is 0.237 e. The summed E-state index contributed by atoms with van der Waals surface area (Å²) in [5.74, 6) is 0.952. The van der Waals surface area contributed by atoms with E-state index >= 15 is 0 Å². The number of thioether (sulfide) groups is 1. The number of amides is 2. The van der Waals surface area contributed by atoms with E-state index in [-0.39, 0.29) is 23.5 Å². The van der Waals surface area contributed by atoms with Gasteiger partial charge < -0.3 is 4.42 Å². The summed E-state index contributed by atoms with van der Waals surface area (Å²) in [4.78, 5) is 28.8. The summed E-state index contributed by atoms with van der Waals surface area (Å²) in [6.07, 6.45) is 10.0. The smallest absolute Gasteiger partial charge is 0.237 e. The van der Waals surface area contributed by atoms with E-state index in [0.29, 0.717) is 17.5 Å². The molecule has 156 valence electrons. The Kier molecular flexibility index (Phi) is 6.58. The van der Waals surface area contributed by atoms with E-state index in [2.05, 4.69) is 20.5 Å². The van der Waals surface area contributed by atoms with Crippen LogP contribution in [0.3, 0.4) is 0 Å². The van der Waals surface area contributed by atoms with E-state index in [4.69, 9.17) is 4.42 Å². The lowest BCUT2D eigenvalue weighted by atomic mass is 9.89. The molecule has 0 aromatic carbocycles. The highest BCUT2D eigenvalue weighted by Gasteiger charge is 2.23. The molecule has 1 aliphatic rings. The van der Waals surface area contributed by atoms with Gasteiger partial charge in [-0.25, -0.2) is 0 Å². The Balaban J connectivity index is 1.44. The van der Waals surface area contributed by atoms with Crippen LogP contribution in [0.1, 0.15) is 37.9 Å². The molecule has 3 aromatic rings. The van der Waals surface area contributed by atoms with Gasteiger partial charge in [0.25, 0.3) is 0 Å². The molecular formula is C21H23N5O3S. The van der Waals surface area contributed by atoms with Crippen molar-refractivity contribution in [3.8, 4) is 11.4 Å². The number of furan rings is 1. The van der Waals surface area contributed by atoms with Gasteiger partial charge in [0.1, 0.15) is 5.76 Å². The van der Waals surface area contributed by atoms with Gasteiger partial charge in [-0.3, -0.25) is 24.5 Å². The topological polar surface area (TPSA) is 103 Å². The highest BCUT2D eigenvalue weighted by Crippen LogP contribution is 2.26. The molecule has 0 atom stereocenters. The molecule has 4 rings (SSSR count). The molecule has 0 saturated heterocycles. The monoisotopic (exact) mass is 425 g/mol. The highest BCUT2D eigenvalue weighted by atomic mass is 32.2. The van der Waals surface area contributed by atoms with Gasteiger partial charge in [0.2, 0.25) is 11.8 Å². The summed E-state index contributed by atoms with van der Waals surface area (Å²) in [6.45, 7) is 0.426. The number of nitrogens with zero attached hydrogens (tertiary/aromatic N) is 4. The first-order valence-corrected chi connectivity index (χ1v) is 11.0. The summed E-state index contributed by atoms with van der Waals surface area (Å²) < 4.78 is 7.36. The number of nitrogens with one attached hydrogen (secondary N) is 1. The Morgan fingerprint density at radius 2 is 2.03 bits per heavy atom. The fraction of sp³-hybridized carbons (Fsp3) is 0.381. The van der Waals surface area contributed by atoms with Crippen molar-refractivity contribution < 1.29 is 14.0 Å². The Morgan fingerprint density at radius 1 is 1.17 bits per heavy atom. The van der Waals surface area contributed by atoms with Gasteiger partial charge in [-0.15, -0.1) is 10.2 Å². The van der Waals surface area contributed by atoms with Crippen LogP contribution in [0.2, 0.25) is 0 Å². The predicted octanol–water partition coefficient (Wildman–Crippen LogP) is 3.30. The average Bonchev–Trinajstić information content (AvgIpc) is 3.44. The van der Waals surface area contributed by atoms with Gasteiger partial charge in [-0.1, -0.05) is 31.0 Å². The van der Waals surface area contributed by atoms with E-state index in [1.54, 1.807) is 18.7 Å². The Labute approximate surface area is 178 Å². The minimum absolute atomic E-state index is 0.0486. The van der Waals surface area contributed by atoms with Crippen LogP contribution in [-0.4, -0.2) is 37.3 Å². The van der Waals surface area contributed by atoms with Gasteiger partial charge >= 0.3 is 0 Å². The number of aromatic nitrogens is 4. The first-order chi connectivity index (χ1) is 14.7. The zero-order chi connectivity index (χ0) is 20.8. The van der Waals surface area contributed by atoms with Crippen LogP contribution >= 0.6 is 11.8 Å². The number of hydrogen-bond acceptors (Lipinski definition) is 7. The second-order valence-corrected chi connectivity index (χ2v) is 8.19. The molecule has 0 radical (unpaired) electrons. The minimum atomic E-state index is -0.314. The normalized spacial score (nSPS) is 14.5. The van der Waals surface area contributed by atoms with Crippen molar-refractivity contribution in [3.63, 3.8) is 0 Å². The number of hydrogen-bond donors (Lipinski definition) is 1. The van der Waals surface area contributed by atoms with E-state index in [1.807, 2.05) is 28.8 Å². The molecule has 0 spiro atoms. The van der Waals surface area contributed by atoms with Crippen LogP contribution in [0.25, 0.3) is 11.4 Å². The van der Waals surface area contributed by atoms with E-state index in [0.717, 1.165) is 43.4 Å². The van der Waals surface area contributed by atoms with Crippen molar-refractivity contribution >= 4 is 23.6 Å². The molecule has 1 saturated carbocycles. The van der Waals surface area contributed by atoms with Gasteiger partial charge in [-0.2, -0.15) is 0 Å². The van der Waals surface area contributed by atoms with E-state index in [1.165, 1.54) is 11.8 Å². The fourth-order valence-corrected chi connectivity index (χ4v) is 4.31. The molecular weight excluding hydrogens is 402 g/mol. The SMILES string of the molecule is O=C(CSc1nnc(-c2cccnc2)n1Cc1ccco1)NC(=O)C1CCCCC1. The van der Waals surface area contributed by atoms with Crippen molar-refractivity contribution in [3.05, 3.63) is 48.7 Å². The molecule has 8 nitrogen and oxygen atoms in total. The summed E-state index contributed by atoms with van der Waals surface area (Å²) in [6, 6.07) is 7.43. The van der Waals surface area contributed by atoms with Crippen LogP contribution in [-0.2, 0) is 16.1 Å². The number of carbonyl (C=O) groups is 2. The number of carbonyl (C=O) groups excluding carboxylic acids is 2. The molecule has 1 N–H and O–H groups in total. The predicted molar refractivity (Wildman–Crippen MR) is 112 cm³/mol. The number of imide groups is 1. The highest BCUT2D eigenvalue weighted by molar-refractivity contribution is 7.99. The van der Waals surface area contributed by atoms with Crippen molar-refractivity contribution in [2.24, 2.45) is 5.92 Å². The van der Waals surface area contributed by atoms with Crippen molar-refractivity contribution in [2.45, 2.75) is 43.8 Å². The molecule has 30 heavy (non-hydrogen) atoms. The van der Waals surface area contributed by atoms with E-state index in [9.17, 15) is 9.59 Å². The van der Waals surface area contributed by atoms with Crippen LogP contribution in [0.4, 0.5) is 0 Å². The summed E-state index contributed by atoms with van der Waals surface area (Å²) in [5, 5.41) is 11.7. The molecule has 1 fully saturated rings. The Bertz CT molecular complexity index is 982. The quantitative estimate of drug-likeness (QED) is 0.579. The second-order valence-electron chi connectivity index (χ2n) is 7.25. The van der Waals surface area contributed by atoms with Crippen LogP contribution < -0.4 is 5.32 Å². The fourth-order valence-electron chi connectivity index (χ4n) is 3.58. The Hall–Kier alpha value is -2.94. The number of pyridine rings is 1. The maximum absolute atomic E-state index is 12.3. The van der Waals surface area contributed by atoms with Gasteiger partial charge in [0, 0.05) is 23.9 Å². The lowest BCUT2D eigenvalue weighted by molar-refractivity contribution is -0.132. The molecule has 0 bridgehead atoms. The molecule has 0 aliphatic heterocycles. The second kappa shape index (κ2) is 9.71. The average molecular weight is 426 g/mol. The molecule has 0 unspecified atom stereocenters. The molecule has 2 amide bonds. The molecule has 3 aromatic heterocycles. The van der Waals surface area contributed by atoms with Crippen LogP contribution in [0.5, 0.6) is 0 Å². The van der Waals surface area contributed by atoms with Gasteiger partial charge in [0.15, 0.2) is 11.0 Å². The maximum atomic E-state index is 12.3. The lowest BCUT2D eigenvalue weighted by Crippen LogP contribution is -2.37. The summed E-state index contributed by atoms with van der Waals surface area (Å²) in [5.41, 5.74) is 0.820. The van der Waals surface area contributed by atoms with Crippen LogP contribution in [0, 0.1) is 5.92 Å². The standard InChI is InChI=1S/C21H23N5O3S/c27-18(23-20(28)15-6-2-1-3-7-15)14-30-21-25-24-19(16-8-4-10-22-12-16)26(21)13-17-9-5-11-29-17/h4-5,8-12,15H,1-3,6-7,13-14H2,(H,23,27,28). The first-order valence-electron chi connectivity index (χ1n) is 10.0. The summed E-state index contributed by atoms with van der Waals surface area (Å²) in [7, 11) is 0. The van der Waals surface area contributed by atoms with E-state index < -0.39 is 0 Å². The lowest BCUT2D eigenvalue weighted by Gasteiger charge is -2.20. The van der Waals surface area contributed by atoms with Crippen LogP contribution in [0.15, 0.2) is 52.5 Å². The minimum Gasteiger partial charge on any atom is -0.467 e. The molecule has 1 aliphatic carbocycles. The van der Waals surface area contributed by atoms with Gasteiger partial charge in [-0.05, 0) is 37.1 Å². The largest absolute Gasteiger partial charge is 0.467 e. The van der Waals surface area contributed by atoms with Crippen molar-refractivity contribution in [1.82, 2.24) is 25.1 Å². The van der Waals surface area contributed by atoms with Crippen molar-refractivity contribution in [2.75, 3.05) is 5.75 Å². The third-order valence-electron chi connectivity index (χ3n) is 5.10. The molecule has 3 heterocycles. The third kappa shape index (κ3) is 4.96. The zero-order valence-electron chi connectivity index (χ0n) is 16.5. The zero-order valence-corrected chi connectivity index (χ0v) is 17.3. The number of rotatable bonds is 7. The first kappa shape index (κ1) is 20.3. The molecule has 9 heteroatoms.